The lowest BCUT2D eigenvalue weighted by atomic mass is 10.1. The molecule has 372 valence electrons. The number of hydrogen-bond acceptors (Lipinski definition) is 7. The molecule has 0 aromatic heterocycles. The number of unbranched alkanes of at least 4 members (excludes halogenated alkanes) is 2. The Morgan fingerprint density at radius 2 is 0.935 bits per heavy atom. The van der Waals surface area contributed by atoms with Crippen molar-refractivity contribution in [3.63, 3.8) is 0 Å². The van der Waals surface area contributed by atoms with Crippen LogP contribution in [-0.2, 0) is 17.7 Å². The van der Waals surface area contributed by atoms with Crippen molar-refractivity contribution in [1.29, 1.82) is 0 Å². The normalized spacial score (nSPS) is 13.1. The van der Waals surface area contributed by atoms with E-state index in [4.69, 9.17) is 33.0 Å². The average Bonchev–Trinajstić information content (AvgIpc) is 3.14. The number of aliphatic hydroxyl groups is 3. The molecule has 0 aromatic rings. The Morgan fingerprint density at radius 3 is 1.24 bits per heavy atom. The van der Waals surface area contributed by atoms with E-state index in [1.54, 1.807) is 18.2 Å². The Bertz CT molecular complexity index is 1030. The maximum absolute atomic E-state index is 8.81. The molecule has 0 spiro atoms. The van der Waals surface area contributed by atoms with Crippen LogP contribution in [-0.4, -0.2) is 85.3 Å². The third-order valence-electron chi connectivity index (χ3n) is 9.16. The first-order valence-electron chi connectivity index (χ1n) is 24.4. The highest BCUT2D eigenvalue weighted by Crippen LogP contribution is 2.24. The van der Waals surface area contributed by atoms with Crippen LogP contribution < -0.4 is 0 Å². The zero-order valence-electron chi connectivity index (χ0n) is 44.6. The quantitative estimate of drug-likeness (QED) is 0.0362. The largest absolute Gasteiger partial charge is 0.436 e. The molecule has 0 heterocycles. The molecule has 10 heteroatoms. The van der Waals surface area contributed by atoms with Gasteiger partial charge in [0.15, 0.2) is 16.6 Å². The van der Waals surface area contributed by atoms with E-state index in [1.165, 1.54) is 57.0 Å². The maximum atomic E-state index is 8.81. The van der Waals surface area contributed by atoms with Crippen LogP contribution in [0.4, 0.5) is 0 Å². The van der Waals surface area contributed by atoms with Gasteiger partial charge in [-0.15, -0.1) is 19.7 Å². The molecule has 0 fully saturated rings. The van der Waals surface area contributed by atoms with Gasteiger partial charge < -0.3 is 33.0 Å². The van der Waals surface area contributed by atoms with Crippen LogP contribution in [0.15, 0.2) is 62.3 Å². The minimum absolute atomic E-state index is 0.0648. The van der Waals surface area contributed by atoms with Gasteiger partial charge in [-0.3, -0.25) is 0 Å². The third-order valence-corrected chi connectivity index (χ3v) is 18.4. The van der Waals surface area contributed by atoms with E-state index in [9.17, 15) is 0 Å². The molecule has 0 aliphatic carbocycles. The average molecular weight is 932 g/mol. The molecular formula is C52H110O7Si3. The molecule has 62 heavy (non-hydrogen) atoms. The first kappa shape index (κ1) is 70.1. The Labute approximate surface area is 391 Å². The maximum Gasteiger partial charge on any atom is 0.321 e. The fourth-order valence-corrected chi connectivity index (χ4v) is 16.3. The molecule has 0 aliphatic heterocycles. The smallest absolute Gasteiger partial charge is 0.321 e. The Hall–Kier alpha value is -0.929. The van der Waals surface area contributed by atoms with Gasteiger partial charge in [0.1, 0.15) is 0 Å². The van der Waals surface area contributed by atoms with Crippen molar-refractivity contribution in [1.82, 2.24) is 0 Å². The van der Waals surface area contributed by atoms with Gasteiger partial charge in [0.05, 0.1) is 25.4 Å². The number of ether oxygens (including phenoxy) is 1. The molecule has 0 aliphatic rings. The summed E-state index contributed by atoms with van der Waals surface area (Å²) in [5.74, 6) is 2.88. The fourth-order valence-electron chi connectivity index (χ4n) is 6.12. The second-order valence-electron chi connectivity index (χ2n) is 20.2. The first-order chi connectivity index (χ1) is 28.7. The molecule has 2 unspecified atom stereocenters. The van der Waals surface area contributed by atoms with E-state index in [0.717, 1.165) is 37.0 Å². The lowest BCUT2D eigenvalue weighted by Gasteiger charge is -2.34. The highest BCUT2D eigenvalue weighted by Gasteiger charge is 2.34. The molecule has 0 saturated heterocycles. The third kappa shape index (κ3) is 63.4. The van der Waals surface area contributed by atoms with E-state index >= 15 is 0 Å². The summed E-state index contributed by atoms with van der Waals surface area (Å²) in [6.07, 6.45) is 26.0. The lowest BCUT2D eigenvalue weighted by Crippen LogP contribution is -2.47. The Morgan fingerprint density at radius 1 is 0.516 bits per heavy atom. The van der Waals surface area contributed by atoms with E-state index in [0.29, 0.717) is 24.9 Å². The highest BCUT2D eigenvalue weighted by molar-refractivity contribution is 6.82. The van der Waals surface area contributed by atoms with Crippen LogP contribution in [0.2, 0.25) is 51.4 Å². The standard InChI is InChI=1S/C19H40O3Si2.C12H28OSi.C8H14O2.C7H14.C6H14O/c1-8-19(14-9-11-15-20)17-21-24(6,7)22-23(4,5)16-12-10-13-18(2)3;1-11(2)9-7-8-10-14(5,6)13-12(3)4;1-2-8(7-10)5-3-4-6-9;1-4-5-6-7(2)3;1-5(2)7-6(3)4/h8-9,11,18-20H,1,10,12-17H2,2-7H3;11-12H,7-10H2,1-6H3;2-4,8-10H,1,5-7H2;4,7H,1,5-6H2,2-3H3;5-6H,1-4H3/b11-9+;;4-3+;;. The van der Waals surface area contributed by atoms with Gasteiger partial charge in [0, 0.05) is 31.2 Å². The van der Waals surface area contributed by atoms with E-state index in [2.05, 4.69) is 114 Å². The van der Waals surface area contributed by atoms with Crippen LogP contribution in [0.5, 0.6) is 0 Å². The van der Waals surface area contributed by atoms with Gasteiger partial charge in [0.25, 0.3) is 0 Å². The van der Waals surface area contributed by atoms with Crippen molar-refractivity contribution in [3.8, 4) is 0 Å². The number of hydrogen-bond donors (Lipinski definition) is 3. The monoisotopic (exact) mass is 931 g/mol. The van der Waals surface area contributed by atoms with E-state index in [1.807, 2.05) is 52.0 Å². The molecule has 7 nitrogen and oxygen atoms in total. The fraction of sp³-hybridized carbons (Fsp3) is 0.808. The molecule has 0 amide bonds. The molecule has 0 saturated carbocycles. The molecule has 0 aromatic carbocycles. The van der Waals surface area contributed by atoms with Crippen LogP contribution in [0.3, 0.4) is 0 Å². The van der Waals surface area contributed by atoms with Crippen molar-refractivity contribution in [2.45, 2.75) is 217 Å². The SMILES string of the molecule is C=CC(C/C=C/CO)CO[Si](C)(C)O[Si](C)(C)CCCCC(C)C.C=CC(CO)C/C=C/CO.C=CCCC(C)C.CC(C)CCCC[Si](C)(C)OC(C)C.CC(C)OC(C)C. The number of allylic oxidation sites excluding steroid dienone is 3. The molecule has 3 N–H and O–H groups in total. The van der Waals surface area contributed by atoms with Crippen molar-refractivity contribution in [3.05, 3.63) is 62.3 Å². The van der Waals surface area contributed by atoms with Crippen molar-refractivity contribution >= 4 is 25.2 Å². The van der Waals surface area contributed by atoms with Crippen LogP contribution in [0, 0.1) is 29.6 Å². The lowest BCUT2D eigenvalue weighted by molar-refractivity contribution is 0.0300. The summed E-state index contributed by atoms with van der Waals surface area (Å²) < 4.78 is 23.9. The van der Waals surface area contributed by atoms with Gasteiger partial charge in [-0.05, 0) is 136 Å². The highest BCUT2D eigenvalue weighted by atomic mass is 28.4. The zero-order valence-corrected chi connectivity index (χ0v) is 47.6. The van der Waals surface area contributed by atoms with Crippen LogP contribution in [0.25, 0.3) is 0 Å². The van der Waals surface area contributed by atoms with E-state index < -0.39 is 25.2 Å². The second-order valence-corrected chi connectivity index (χ2v) is 32.4. The topological polar surface area (TPSA) is 97.6 Å². The summed E-state index contributed by atoms with van der Waals surface area (Å²) >= 11 is 0. The molecule has 2 atom stereocenters. The Kier molecular flexibility index (Phi) is 51.1. The van der Waals surface area contributed by atoms with Gasteiger partial charge in [-0.1, -0.05) is 123 Å². The van der Waals surface area contributed by atoms with Crippen LogP contribution in [0.1, 0.15) is 147 Å². The second kappa shape index (κ2) is 45.2. The van der Waals surface area contributed by atoms with Crippen molar-refractivity contribution < 1.29 is 33.0 Å². The van der Waals surface area contributed by atoms with E-state index in [-0.39, 0.29) is 31.7 Å². The number of rotatable bonds is 31. The summed E-state index contributed by atoms with van der Waals surface area (Å²) in [6.45, 7) is 51.7. The van der Waals surface area contributed by atoms with Gasteiger partial charge in [-0.2, -0.15) is 0 Å². The summed E-state index contributed by atoms with van der Waals surface area (Å²) in [4.78, 5) is 0. The summed E-state index contributed by atoms with van der Waals surface area (Å²) in [5, 5.41) is 25.8. The zero-order chi connectivity index (χ0) is 49.2. The first-order valence-corrected chi connectivity index (χ1v) is 33.4. The number of aliphatic hydroxyl groups excluding tert-OH is 3. The molecule has 0 bridgehead atoms. The van der Waals surface area contributed by atoms with Crippen molar-refractivity contribution in [2.24, 2.45) is 29.6 Å². The predicted molar refractivity (Wildman–Crippen MR) is 284 cm³/mol. The van der Waals surface area contributed by atoms with Gasteiger partial charge in [0.2, 0.25) is 0 Å². The molecular weight excluding hydrogens is 821 g/mol. The predicted octanol–water partition coefficient (Wildman–Crippen LogP) is 15.1. The summed E-state index contributed by atoms with van der Waals surface area (Å²) in [6, 6.07) is 2.53. The Balaban J connectivity index is -0.000000241. The summed E-state index contributed by atoms with van der Waals surface area (Å²) in [5.41, 5.74) is 0. The minimum Gasteiger partial charge on any atom is -0.436 e. The molecule has 0 radical (unpaired) electrons. The van der Waals surface area contributed by atoms with Crippen molar-refractivity contribution in [2.75, 3.05) is 26.4 Å². The van der Waals surface area contributed by atoms with Crippen LogP contribution >= 0.6 is 0 Å². The van der Waals surface area contributed by atoms with Gasteiger partial charge >= 0.3 is 8.56 Å². The summed E-state index contributed by atoms with van der Waals surface area (Å²) in [7, 11) is -5.11. The van der Waals surface area contributed by atoms with Gasteiger partial charge in [-0.25, -0.2) is 0 Å². The molecule has 0 rings (SSSR count). The minimum atomic E-state index is -2.11.